The molecule has 0 amide bonds. The second kappa shape index (κ2) is 9.39. The van der Waals surface area contributed by atoms with E-state index < -0.39 is 5.51 Å². The zero-order valence-corrected chi connectivity index (χ0v) is 15.0. The molecule has 0 saturated heterocycles. The van der Waals surface area contributed by atoms with Crippen molar-refractivity contribution in [3.8, 4) is 0 Å². The van der Waals surface area contributed by atoms with E-state index in [1.165, 1.54) is 0 Å². The van der Waals surface area contributed by atoms with Crippen molar-refractivity contribution in [1.82, 2.24) is 4.90 Å². The van der Waals surface area contributed by atoms with E-state index in [0.29, 0.717) is 6.54 Å². The minimum absolute atomic E-state index is 0.0137. The average Bonchev–Trinajstić information content (AvgIpc) is 2.54. The summed E-state index contributed by atoms with van der Waals surface area (Å²) in [6, 6.07) is 20.0. The van der Waals surface area contributed by atoms with Crippen molar-refractivity contribution in [3.63, 3.8) is 0 Å². The van der Waals surface area contributed by atoms with Gasteiger partial charge in [-0.15, -0.1) is 0 Å². The molecular formula is C18H20F3NS2. The largest absolute Gasteiger partial charge is 0.452 e. The zero-order valence-electron chi connectivity index (χ0n) is 13.4. The lowest BCUT2D eigenvalue weighted by atomic mass is 10.1. The summed E-state index contributed by atoms with van der Waals surface area (Å²) in [6.45, 7) is 3.87. The van der Waals surface area contributed by atoms with Crippen LogP contribution >= 0.6 is 21.6 Å². The Morgan fingerprint density at radius 2 is 1.33 bits per heavy atom. The van der Waals surface area contributed by atoms with E-state index in [2.05, 4.69) is 4.90 Å². The Kier molecular flexibility index (Phi) is 7.52. The smallest absolute Gasteiger partial charge is 0.294 e. The van der Waals surface area contributed by atoms with Gasteiger partial charge in [0.1, 0.15) is 0 Å². The number of nitrogens with zero attached hydrogens (tertiary/aromatic N) is 1. The Labute approximate surface area is 149 Å². The number of rotatable bonds is 8. The van der Waals surface area contributed by atoms with Gasteiger partial charge in [0, 0.05) is 35.7 Å². The summed E-state index contributed by atoms with van der Waals surface area (Å²) in [4.78, 5) is 2.19. The van der Waals surface area contributed by atoms with Gasteiger partial charge in [0.2, 0.25) is 0 Å². The topological polar surface area (TPSA) is 3.24 Å². The molecule has 6 heteroatoms. The predicted molar refractivity (Wildman–Crippen MR) is 97.7 cm³/mol. The number of hydrogen-bond donors (Lipinski definition) is 0. The van der Waals surface area contributed by atoms with Crippen molar-refractivity contribution >= 4 is 21.6 Å². The standard InChI is InChI=1S/C18H20F3NS2/c1-15(23-24-18(19,20)21)12-22(13-16-8-4-2-5-9-16)14-17-10-6-3-7-11-17/h2-11,15H,12-14H2,1H3. The van der Waals surface area contributed by atoms with Crippen LogP contribution in [0, 0.1) is 0 Å². The molecule has 1 nitrogen and oxygen atoms in total. The van der Waals surface area contributed by atoms with Crippen molar-refractivity contribution in [2.24, 2.45) is 0 Å². The molecule has 0 aromatic heterocycles. The van der Waals surface area contributed by atoms with Crippen molar-refractivity contribution in [2.45, 2.75) is 30.8 Å². The predicted octanol–water partition coefficient (Wildman–Crippen LogP) is 5.98. The SMILES string of the molecule is CC(CN(Cc1ccccc1)Cc1ccccc1)SSC(F)(F)F. The third kappa shape index (κ3) is 7.64. The molecule has 130 valence electrons. The first-order valence-corrected chi connectivity index (χ1v) is 9.85. The van der Waals surface area contributed by atoms with E-state index in [-0.39, 0.29) is 16.0 Å². The number of halogens is 3. The Morgan fingerprint density at radius 3 is 1.75 bits per heavy atom. The maximum Gasteiger partial charge on any atom is 0.452 e. The molecule has 1 atom stereocenters. The summed E-state index contributed by atoms with van der Waals surface area (Å²) < 4.78 is 37.1. The van der Waals surface area contributed by atoms with Gasteiger partial charge in [0.25, 0.3) is 0 Å². The Bertz CT molecular complexity index is 549. The number of hydrogen-bond acceptors (Lipinski definition) is 3. The van der Waals surface area contributed by atoms with Crippen molar-refractivity contribution in [2.75, 3.05) is 6.54 Å². The van der Waals surface area contributed by atoms with Gasteiger partial charge in [-0.05, 0) is 11.1 Å². The highest BCUT2D eigenvalue weighted by atomic mass is 33.1. The van der Waals surface area contributed by atoms with Crippen molar-refractivity contribution in [1.29, 1.82) is 0 Å². The maximum atomic E-state index is 12.4. The molecule has 2 rings (SSSR count). The molecule has 2 aromatic rings. The summed E-state index contributed by atoms with van der Waals surface area (Å²) in [7, 11) is 0.869. The van der Waals surface area contributed by atoms with Gasteiger partial charge < -0.3 is 0 Å². The fraction of sp³-hybridized carbons (Fsp3) is 0.333. The van der Waals surface area contributed by atoms with Crippen molar-refractivity contribution in [3.05, 3.63) is 71.8 Å². The summed E-state index contributed by atoms with van der Waals surface area (Å²) in [6.07, 6.45) is 0. The molecule has 1 unspecified atom stereocenters. The molecule has 0 aliphatic rings. The fourth-order valence-corrected chi connectivity index (χ4v) is 3.95. The van der Waals surface area contributed by atoms with Gasteiger partial charge in [-0.2, -0.15) is 13.2 Å². The molecule has 0 saturated carbocycles. The van der Waals surface area contributed by atoms with Gasteiger partial charge in [0.05, 0.1) is 0 Å². The van der Waals surface area contributed by atoms with Crippen LogP contribution in [0.5, 0.6) is 0 Å². The maximum absolute atomic E-state index is 12.4. The van der Waals surface area contributed by atoms with E-state index in [1.54, 1.807) is 0 Å². The molecule has 0 bridgehead atoms. The lowest BCUT2D eigenvalue weighted by Gasteiger charge is -2.25. The Balaban J connectivity index is 1.99. The first-order valence-electron chi connectivity index (χ1n) is 7.64. The third-order valence-electron chi connectivity index (χ3n) is 3.32. The van der Waals surface area contributed by atoms with Crippen LogP contribution in [-0.4, -0.2) is 22.2 Å². The van der Waals surface area contributed by atoms with Crippen molar-refractivity contribution < 1.29 is 13.2 Å². The van der Waals surface area contributed by atoms with Gasteiger partial charge in [0.15, 0.2) is 0 Å². The second-order valence-corrected chi connectivity index (χ2v) is 8.28. The molecule has 0 N–H and O–H groups in total. The van der Waals surface area contributed by atoms with E-state index in [9.17, 15) is 13.2 Å². The molecule has 0 radical (unpaired) electrons. The molecular weight excluding hydrogens is 351 g/mol. The molecule has 0 spiro atoms. The summed E-state index contributed by atoms with van der Waals surface area (Å²) in [5.74, 6) is 0. The highest BCUT2D eigenvalue weighted by Crippen LogP contribution is 2.42. The van der Waals surface area contributed by atoms with E-state index >= 15 is 0 Å². The lowest BCUT2D eigenvalue weighted by Crippen LogP contribution is -2.29. The number of alkyl halides is 3. The zero-order chi connectivity index (χ0) is 17.4. The van der Waals surface area contributed by atoms with E-state index in [4.69, 9.17) is 0 Å². The van der Waals surface area contributed by atoms with Gasteiger partial charge in [-0.1, -0.05) is 78.4 Å². The number of benzene rings is 2. The highest BCUT2D eigenvalue weighted by molar-refractivity contribution is 8.77. The normalized spacial score (nSPS) is 13.2. The Morgan fingerprint density at radius 1 is 0.875 bits per heavy atom. The Hall–Kier alpha value is -1.11. The molecule has 0 aliphatic carbocycles. The summed E-state index contributed by atoms with van der Waals surface area (Å²) in [5, 5.41) is -0.121. The van der Waals surface area contributed by atoms with Crippen LogP contribution in [0.2, 0.25) is 0 Å². The van der Waals surface area contributed by atoms with Crippen LogP contribution in [-0.2, 0) is 13.1 Å². The minimum atomic E-state index is -4.19. The van der Waals surface area contributed by atoms with E-state index in [1.807, 2.05) is 67.6 Å². The first kappa shape index (κ1) is 19.2. The molecule has 24 heavy (non-hydrogen) atoms. The molecule has 0 aliphatic heterocycles. The molecule has 2 aromatic carbocycles. The summed E-state index contributed by atoms with van der Waals surface area (Å²) >= 11 is 0. The van der Waals surface area contributed by atoms with Crippen LogP contribution < -0.4 is 0 Å². The van der Waals surface area contributed by atoms with Crippen LogP contribution in [0.3, 0.4) is 0 Å². The lowest BCUT2D eigenvalue weighted by molar-refractivity contribution is -0.0311. The first-order chi connectivity index (χ1) is 11.4. The van der Waals surface area contributed by atoms with Gasteiger partial charge in [-0.25, -0.2) is 0 Å². The van der Waals surface area contributed by atoms with Crippen LogP contribution in [0.25, 0.3) is 0 Å². The van der Waals surface area contributed by atoms with Gasteiger partial charge >= 0.3 is 5.51 Å². The average molecular weight is 371 g/mol. The van der Waals surface area contributed by atoms with E-state index in [0.717, 1.165) is 35.0 Å². The molecule has 0 fully saturated rings. The highest BCUT2D eigenvalue weighted by Gasteiger charge is 2.30. The summed E-state index contributed by atoms with van der Waals surface area (Å²) in [5.41, 5.74) is -1.87. The third-order valence-corrected chi connectivity index (χ3v) is 5.92. The van der Waals surface area contributed by atoms with Crippen LogP contribution in [0.15, 0.2) is 60.7 Å². The van der Waals surface area contributed by atoms with Crippen LogP contribution in [0.1, 0.15) is 18.1 Å². The molecule has 0 heterocycles. The van der Waals surface area contributed by atoms with Crippen LogP contribution in [0.4, 0.5) is 13.2 Å². The quantitative estimate of drug-likeness (QED) is 0.526. The second-order valence-electron chi connectivity index (χ2n) is 5.58. The minimum Gasteiger partial charge on any atom is -0.294 e. The van der Waals surface area contributed by atoms with Gasteiger partial charge in [-0.3, -0.25) is 4.90 Å². The monoisotopic (exact) mass is 371 g/mol. The fourth-order valence-electron chi connectivity index (χ4n) is 2.40.